The zero-order valence-corrected chi connectivity index (χ0v) is 15.3. The van der Waals surface area contributed by atoms with Crippen molar-refractivity contribution in [2.75, 3.05) is 13.7 Å². The summed E-state index contributed by atoms with van der Waals surface area (Å²) in [6.45, 7) is 4.10. The van der Waals surface area contributed by atoms with Crippen molar-refractivity contribution in [2.45, 2.75) is 26.3 Å². The molecule has 1 atom stereocenters. The van der Waals surface area contributed by atoms with Crippen LogP contribution in [0.4, 0.5) is 0 Å². The lowest BCUT2D eigenvalue weighted by molar-refractivity contribution is -0.144. The normalized spacial score (nSPS) is 12.3. The fourth-order valence-electron chi connectivity index (χ4n) is 2.77. The number of hydrogen-bond acceptors (Lipinski definition) is 6. The van der Waals surface area contributed by atoms with E-state index in [1.54, 1.807) is 25.4 Å². The number of aryl methyl sites for hydroxylation is 1. The average Bonchev–Trinajstić information content (AvgIpc) is 3.16. The number of carbonyl (C=O) groups excluding carboxylic acids is 1. The van der Waals surface area contributed by atoms with Gasteiger partial charge in [-0.25, -0.2) is 4.98 Å². The second kappa shape index (κ2) is 7.25. The second-order valence-corrected chi connectivity index (χ2v) is 6.53. The minimum atomic E-state index is -0.726. The van der Waals surface area contributed by atoms with Gasteiger partial charge in [0.2, 0.25) is 0 Å². The van der Waals surface area contributed by atoms with Gasteiger partial charge in [-0.05, 0) is 38.1 Å². The topological polar surface area (TPSA) is 78.8 Å². The quantitative estimate of drug-likeness (QED) is 0.685. The molecule has 0 aliphatic heterocycles. The average molecular weight is 359 g/mol. The molecular formula is C18H21N3O3S. The zero-order chi connectivity index (χ0) is 18.0. The van der Waals surface area contributed by atoms with Gasteiger partial charge in [-0.3, -0.25) is 9.20 Å². The number of benzene rings is 1. The van der Waals surface area contributed by atoms with Crippen LogP contribution in [-0.2, 0) is 16.0 Å². The molecule has 0 aliphatic rings. The van der Waals surface area contributed by atoms with Gasteiger partial charge in [0.15, 0.2) is 4.96 Å². The lowest BCUT2D eigenvalue weighted by Crippen LogP contribution is -2.35. The molecule has 0 radical (unpaired) electrons. The van der Waals surface area contributed by atoms with Crippen LogP contribution in [0, 0.1) is 6.92 Å². The molecule has 132 valence electrons. The molecule has 0 fully saturated rings. The summed E-state index contributed by atoms with van der Waals surface area (Å²) < 4.78 is 12.3. The third-order valence-corrected chi connectivity index (χ3v) is 4.94. The van der Waals surface area contributed by atoms with Gasteiger partial charge in [0, 0.05) is 23.1 Å². The van der Waals surface area contributed by atoms with Crippen LogP contribution in [0.5, 0.6) is 5.75 Å². The number of fused-ring (bicyclic) bond motifs is 1. The fraction of sp³-hybridized carbons (Fsp3) is 0.333. The number of nitrogens with zero attached hydrogens (tertiary/aromatic N) is 2. The van der Waals surface area contributed by atoms with E-state index in [0.29, 0.717) is 13.0 Å². The Morgan fingerprint density at radius 1 is 1.36 bits per heavy atom. The van der Waals surface area contributed by atoms with Crippen molar-refractivity contribution in [2.24, 2.45) is 5.73 Å². The molecule has 0 spiro atoms. The van der Waals surface area contributed by atoms with Gasteiger partial charge in [-0.2, -0.15) is 0 Å². The molecular weight excluding hydrogens is 338 g/mol. The van der Waals surface area contributed by atoms with Crippen LogP contribution in [0.2, 0.25) is 0 Å². The van der Waals surface area contributed by atoms with Crippen LogP contribution in [-0.4, -0.2) is 35.1 Å². The number of aromatic nitrogens is 2. The van der Waals surface area contributed by atoms with Crippen molar-refractivity contribution >= 4 is 22.3 Å². The van der Waals surface area contributed by atoms with Gasteiger partial charge in [0.25, 0.3) is 0 Å². The first-order valence-corrected chi connectivity index (χ1v) is 8.95. The Morgan fingerprint density at radius 2 is 2.08 bits per heavy atom. The van der Waals surface area contributed by atoms with Crippen molar-refractivity contribution in [3.8, 4) is 17.0 Å². The smallest absolute Gasteiger partial charge is 0.323 e. The second-order valence-electron chi connectivity index (χ2n) is 5.69. The molecule has 0 aliphatic carbocycles. The Morgan fingerprint density at radius 3 is 2.72 bits per heavy atom. The van der Waals surface area contributed by atoms with Gasteiger partial charge in [-0.15, -0.1) is 11.3 Å². The molecule has 2 N–H and O–H groups in total. The van der Waals surface area contributed by atoms with Crippen LogP contribution in [0.15, 0.2) is 29.6 Å². The highest BCUT2D eigenvalue weighted by atomic mass is 32.1. The first kappa shape index (κ1) is 17.4. The van der Waals surface area contributed by atoms with Gasteiger partial charge in [-0.1, -0.05) is 0 Å². The SMILES string of the molecule is CCOC(=O)C(N)Cc1c(-c2ccc(OC)cc2)nc2scc(C)n12. The van der Waals surface area contributed by atoms with Crippen molar-refractivity contribution in [1.29, 1.82) is 0 Å². The highest BCUT2D eigenvalue weighted by Crippen LogP contribution is 2.30. The molecule has 1 unspecified atom stereocenters. The predicted octanol–water partition coefficient (Wildman–Crippen LogP) is 2.81. The van der Waals surface area contributed by atoms with E-state index in [1.807, 2.05) is 36.6 Å². The van der Waals surface area contributed by atoms with Gasteiger partial charge < -0.3 is 15.2 Å². The Bertz CT molecular complexity index is 883. The maximum Gasteiger partial charge on any atom is 0.323 e. The Balaban J connectivity index is 2.04. The Labute approximate surface area is 150 Å². The summed E-state index contributed by atoms with van der Waals surface area (Å²) in [6, 6.07) is 6.98. The van der Waals surface area contributed by atoms with Gasteiger partial charge in [0.05, 0.1) is 25.1 Å². The highest BCUT2D eigenvalue weighted by Gasteiger charge is 2.23. The zero-order valence-electron chi connectivity index (χ0n) is 14.5. The molecule has 3 rings (SSSR count). The predicted molar refractivity (Wildman–Crippen MR) is 98.1 cm³/mol. The molecule has 2 heterocycles. The third-order valence-electron chi connectivity index (χ3n) is 4.00. The number of methoxy groups -OCH3 is 1. The van der Waals surface area contributed by atoms with Crippen molar-refractivity contribution in [3.63, 3.8) is 0 Å². The van der Waals surface area contributed by atoms with E-state index in [1.165, 1.54) is 0 Å². The summed E-state index contributed by atoms with van der Waals surface area (Å²) in [5.74, 6) is 0.386. The Hall–Kier alpha value is -2.38. The van der Waals surface area contributed by atoms with E-state index in [2.05, 4.69) is 4.40 Å². The van der Waals surface area contributed by atoms with Crippen LogP contribution >= 0.6 is 11.3 Å². The van der Waals surface area contributed by atoms with Crippen molar-refractivity contribution in [3.05, 3.63) is 41.0 Å². The molecule has 0 amide bonds. The van der Waals surface area contributed by atoms with E-state index in [0.717, 1.165) is 33.4 Å². The van der Waals surface area contributed by atoms with Crippen molar-refractivity contribution < 1.29 is 14.3 Å². The summed E-state index contributed by atoms with van der Waals surface area (Å²) >= 11 is 1.57. The maximum atomic E-state index is 12.0. The van der Waals surface area contributed by atoms with E-state index in [9.17, 15) is 4.79 Å². The van der Waals surface area contributed by atoms with Gasteiger partial charge >= 0.3 is 5.97 Å². The number of carbonyl (C=O) groups is 1. The molecule has 0 bridgehead atoms. The number of esters is 1. The number of rotatable bonds is 6. The molecule has 2 aromatic heterocycles. The van der Waals surface area contributed by atoms with Crippen LogP contribution in [0.25, 0.3) is 16.2 Å². The molecule has 6 nitrogen and oxygen atoms in total. The largest absolute Gasteiger partial charge is 0.497 e. The number of thiazole rings is 1. The maximum absolute atomic E-state index is 12.0. The summed E-state index contributed by atoms with van der Waals surface area (Å²) in [6.07, 6.45) is 0.360. The summed E-state index contributed by atoms with van der Waals surface area (Å²) in [5, 5.41) is 2.04. The van der Waals surface area contributed by atoms with Crippen LogP contribution in [0.1, 0.15) is 18.3 Å². The number of ether oxygens (including phenoxy) is 2. The number of hydrogen-bond donors (Lipinski definition) is 1. The van der Waals surface area contributed by atoms with Gasteiger partial charge in [0.1, 0.15) is 11.8 Å². The first-order chi connectivity index (χ1) is 12.0. The number of imidazole rings is 1. The summed E-state index contributed by atoms with van der Waals surface area (Å²) in [7, 11) is 1.63. The summed E-state index contributed by atoms with van der Waals surface area (Å²) in [5.41, 5.74) is 9.84. The lowest BCUT2D eigenvalue weighted by Gasteiger charge is -2.12. The minimum absolute atomic E-state index is 0.317. The standard InChI is InChI=1S/C18H21N3O3S/c1-4-24-17(22)14(19)9-15-16(12-5-7-13(23-3)8-6-12)20-18-21(15)11(2)10-25-18/h5-8,10,14H,4,9,19H2,1-3H3. The molecule has 0 saturated carbocycles. The van der Waals surface area contributed by atoms with Crippen LogP contribution in [0.3, 0.4) is 0 Å². The Kier molecular flexibility index (Phi) is 5.06. The molecule has 1 aromatic carbocycles. The van der Waals surface area contributed by atoms with E-state index in [4.69, 9.17) is 20.2 Å². The fourth-order valence-corrected chi connectivity index (χ4v) is 3.66. The van der Waals surface area contributed by atoms with Crippen molar-refractivity contribution in [1.82, 2.24) is 9.38 Å². The van der Waals surface area contributed by atoms with E-state index < -0.39 is 12.0 Å². The first-order valence-electron chi connectivity index (χ1n) is 8.07. The van der Waals surface area contributed by atoms with E-state index in [-0.39, 0.29) is 0 Å². The van der Waals surface area contributed by atoms with Crippen LogP contribution < -0.4 is 10.5 Å². The number of nitrogens with two attached hydrogens (primary N) is 1. The molecule has 0 saturated heterocycles. The van der Waals surface area contributed by atoms with E-state index >= 15 is 0 Å². The minimum Gasteiger partial charge on any atom is -0.497 e. The highest BCUT2D eigenvalue weighted by molar-refractivity contribution is 7.15. The molecule has 3 aromatic rings. The summed E-state index contributed by atoms with van der Waals surface area (Å²) in [4.78, 5) is 17.6. The molecule has 25 heavy (non-hydrogen) atoms. The molecule has 7 heteroatoms. The monoisotopic (exact) mass is 359 g/mol. The lowest BCUT2D eigenvalue weighted by atomic mass is 10.1. The third kappa shape index (κ3) is 3.38.